The summed E-state index contributed by atoms with van der Waals surface area (Å²) in [4.78, 5) is 0. The fourth-order valence-corrected chi connectivity index (χ4v) is 2.15. The Morgan fingerprint density at radius 2 is 1.82 bits per heavy atom. The van der Waals surface area contributed by atoms with Crippen LogP contribution in [0.4, 0.5) is 0 Å². The molecule has 0 saturated heterocycles. The SMILES string of the molecule is CCCNC(c1ccccc1)C(C)(C)OCC. The maximum Gasteiger partial charge on any atom is 0.0820 e. The molecule has 1 aromatic carbocycles. The van der Waals surface area contributed by atoms with Crippen LogP contribution >= 0.6 is 0 Å². The van der Waals surface area contributed by atoms with Crippen LogP contribution < -0.4 is 5.32 Å². The lowest BCUT2D eigenvalue weighted by Gasteiger charge is -2.35. The molecule has 17 heavy (non-hydrogen) atoms. The summed E-state index contributed by atoms with van der Waals surface area (Å²) >= 11 is 0. The van der Waals surface area contributed by atoms with Gasteiger partial charge in [-0.05, 0) is 39.3 Å². The maximum absolute atomic E-state index is 5.88. The molecular weight excluding hydrogens is 210 g/mol. The minimum atomic E-state index is -0.189. The van der Waals surface area contributed by atoms with E-state index in [9.17, 15) is 0 Å². The van der Waals surface area contributed by atoms with E-state index < -0.39 is 0 Å². The molecule has 1 atom stereocenters. The number of nitrogens with one attached hydrogen (secondary N) is 1. The molecule has 2 heteroatoms. The standard InChI is InChI=1S/C15H25NO/c1-5-12-16-14(15(3,4)17-6-2)13-10-8-7-9-11-13/h7-11,14,16H,5-6,12H2,1-4H3. The summed E-state index contributed by atoms with van der Waals surface area (Å²) in [5.41, 5.74) is 1.10. The molecule has 1 rings (SSSR count). The van der Waals surface area contributed by atoms with Gasteiger partial charge in [0.2, 0.25) is 0 Å². The number of ether oxygens (including phenoxy) is 1. The zero-order chi connectivity index (χ0) is 12.7. The monoisotopic (exact) mass is 235 g/mol. The van der Waals surface area contributed by atoms with Crippen molar-refractivity contribution < 1.29 is 4.74 Å². The molecule has 0 radical (unpaired) electrons. The number of benzene rings is 1. The van der Waals surface area contributed by atoms with Gasteiger partial charge in [-0.1, -0.05) is 37.3 Å². The lowest BCUT2D eigenvalue weighted by Crippen LogP contribution is -2.41. The van der Waals surface area contributed by atoms with Gasteiger partial charge in [-0.2, -0.15) is 0 Å². The van der Waals surface area contributed by atoms with Crippen LogP contribution in [-0.4, -0.2) is 18.8 Å². The van der Waals surface area contributed by atoms with Gasteiger partial charge in [0.15, 0.2) is 0 Å². The highest BCUT2D eigenvalue weighted by Gasteiger charge is 2.30. The van der Waals surface area contributed by atoms with E-state index in [1.165, 1.54) is 5.56 Å². The molecule has 2 nitrogen and oxygen atoms in total. The maximum atomic E-state index is 5.88. The molecule has 0 heterocycles. The Kier molecular flexibility index (Phi) is 5.66. The quantitative estimate of drug-likeness (QED) is 0.780. The normalized spacial score (nSPS) is 13.6. The minimum absolute atomic E-state index is 0.189. The molecule has 96 valence electrons. The van der Waals surface area contributed by atoms with Crippen molar-refractivity contribution in [3.63, 3.8) is 0 Å². The van der Waals surface area contributed by atoms with Crippen molar-refractivity contribution in [2.75, 3.05) is 13.2 Å². The third-order valence-corrected chi connectivity index (χ3v) is 2.94. The largest absolute Gasteiger partial charge is 0.374 e. The van der Waals surface area contributed by atoms with Crippen molar-refractivity contribution in [1.29, 1.82) is 0 Å². The summed E-state index contributed by atoms with van der Waals surface area (Å²) < 4.78 is 5.88. The predicted octanol–water partition coefficient (Wildman–Crippen LogP) is 3.54. The first-order valence-electron chi connectivity index (χ1n) is 6.54. The molecule has 0 spiro atoms. The topological polar surface area (TPSA) is 21.3 Å². The predicted molar refractivity (Wildman–Crippen MR) is 73.2 cm³/mol. The molecule has 0 aliphatic rings. The molecule has 0 aliphatic heterocycles. The van der Waals surface area contributed by atoms with Gasteiger partial charge in [-0.25, -0.2) is 0 Å². The first-order valence-corrected chi connectivity index (χ1v) is 6.54. The van der Waals surface area contributed by atoms with Gasteiger partial charge in [-0.15, -0.1) is 0 Å². The summed E-state index contributed by atoms with van der Waals surface area (Å²) in [7, 11) is 0. The van der Waals surface area contributed by atoms with Crippen LogP contribution in [0.3, 0.4) is 0 Å². The zero-order valence-corrected chi connectivity index (χ0v) is 11.5. The van der Waals surface area contributed by atoms with Crippen LogP contribution in [-0.2, 0) is 4.74 Å². The van der Waals surface area contributed by atoms with Crippen LogP contribution in [0.5, 0.6) is 0 Å². The third kappa shape index (κ3) is 4.14. The van der Waals surface area contributed by atoms with E-state index in [0.29, 0.717) is 0 Å². The molecule has 0 aliphatic carbocycles. The highest BCUT2D eigenvalue weighted by atomic mass is 16.5. The van der Waals surface area contributed by atoms with Gasteiger partial charge in [-0.3, -0.25) is 0 Å². The minimum Gasteiger partial charge on any atom is -0.374 e. The van der Waals surface area contributed by atoms with Gasteiger partial charge in [0.05, 0.1) is 11.6 Å². The Morgan fingerprint density at radius 3 is 2.35 bits per heavy atom. The third-order valence-electron chi connectivity index (χ3n) is 2.94. The van der Waals surface area contributed by atoms with Gasteiger partial charge in [0.25, 0.3) is 0 Å². The van der Waals surface area contributed by atoms with Gasteiger partial charge < -0.3 is 10.1 Å². The fraction of sp³-hybridized carbons (Fsp3) is 0.600. The van der Waals surface area contributed by atoms with Crippen LogP contribution in [0.1, 0.15) is 45.7 Å². The summed E-state index contributed by atoms with van der Waals surface area (Å²) in [6.45, 7) is 10.3. The molecule has 0 amide bonds. The van der Waals surface area contributed by atoms with Gasteiger partial charge in [0, 0.05) is 6.61 Å². The highest BCUT2D eigenvalue weighted by Crippen LogP contribution is 2.28. The Morgan fingerprint density at radius 1 is 1.18 bits per heavy atom. The smallest absolute Gasteiger partial charge is 0.0820 e. The average molecular weight is 235 g/mol. The lowest BCUT2D eigenvalue weighted by atomic mass is 9.91. The molecular formula is C15H25NO. The molecule has 1 N–H and O–H groups in total. The Labute approximate surface area is 105 Å². The fourth-order valence-electron chi connectivity index (χ4n) is 2.15. The molecule has 0 bridgehead atoms. The summed E-state index contributed by atoms with van der Waals surface area (Å²) in [5.74, 6) is 0. The molecule has 1 unspecified atom stereocenters. The summed E-state index contributed by atoms with van der Waals surface area (Å²) in [6, 6.07) is 10.8. The van der Waals surface area contributed by atoms with Gasteiger partial charge in [0.1, 0.15) is 0 Å². The van der Waals surface area contributed by atoms with E-state index in [1.54, 1.807) is 0 Å². The van der Waals surface area contributed by atoms with Crippen LogP contribution in [0.15, 0.2) is 30.3 Å². The average Bonchev–Trinajstić information content (AvgIpc) is 2.30. The Hall–Kier alpha value is -0.860. The molecule has 0 fully saturated rings. The van der Waals surface area contributed by atoms with Crippen LogP contribution in [0.2, 0.25) is 0 Å². The van der Waals surface area contributed by atoms with Crippen molar-refractivity contribution in [2.45, 2.75) is 45.8 Å². The number of hydrogen-bond donors (Lipinski definition) is 1. The molecule has 0 saturated carbocycles. The second-order valence-electron chi connectivity index (χ2n) is 4.83. The lowest BCUT2D eigenvalue weighted by molar-refractivity contribution is -0.0391. The van der Waals surface area contributed by atoms with E-state index in [4.69, 9.17) is 4.74 Å². The Bertz CT molecular complexity index is 308. The molecule has 1 aromatic rings. The number of rotatable bonds is 7. The highest BCUT2D eigenvalue weighted by molar-refractivity contribution is 5.21. The van der Waals surface area contributed by atoms with E-state index in [0.717, 1.165) is 19.6 Å². The van der Waals surface area contributed by atoms with Crippen molar-refractivity contribution in [2.24, 2.45) is 0 Å². The Balaban J connectivity index is 2.87. The van der Waals surface area contributed by atoms with E-state index in [-0.39, 0.29) is 11.6 Å². The van der Waals surface area contributed by atoms with Crippen molar-refractivity contribution in [3.05, 3.63) is 35.9 Å². The van der Waals surface area contributed by atoms with E-state index in [2.05, 4.69) is 50.4 Å². The van der Waals surface area contributed by atoms with E-state index in [1.807, 2.05) is 13.0 Å². The summed E-state index contributed by atoms with van der Waals surface area (Å²) in [6.07, 6.45) is 1.13. The molecule has 0 aromatic heterocycles. The number of hydrogen-bond acceptors (Lipinski definition) is 2. The second kappa shape index (κ2) is 6.77. The second-order valence-corrected chi connectivity index (χ2v) is 4.83. The van der Waals surface area contributed by atoms with Crippen LogP contribution in [0.25, 0.3) is 0 Å². The first kappa shape index (κ1) is 14.2. The van der Waals surface area contributed by atoms with Crippen molar-refractivity contribution in [3.8, 4) is 0 Å². The van der Waals surface area contributed by atoms with E-state index >= 15 is 0 Å². The first-order chi connectivity index (χ1) is 8.11. The van der Waals surface area contributed by atoms with Crippen LogP contribution in [0, 0.1) is 0 Å². The van der Waals surface area contributed by atoms with Crippen molar-refractivity contribution in [1.82, 2.24) is 5.32 Å². The summed E-state index contributed by atoms with van der Waals surface area (Å²) in [5, 5.41) is 3.59. The van der Waals surface area contributed by atoms with Crippen molar-refractivity contribution >= 4 is 0 Å². The van der Waals surface area contributed by atoms with Gasteiger partial charge >= 0.3 is 0 Å². The zero-order valence-electron chi connectivity index (χ0n) is 11.5.